The molecule has 0 aliphatic heterocycles. The maximum atomic E-state index is 12.1. The summed E-state index contributed by atoms with van der Waals surface area (Å²) in [5.41, 5.74) is 0.800. The molecule has 0 saturated carbocycles. The van der Waals surface area contributed by atoms with Crippen LogP contribution in [0, 0.1) is 0 Å². The van der Waals surface area contributed by atoms with E-state index in [1.54, 1.807) is 0 Å². The van der Waals surface area contributed by atoms with Gasteiger partial charge >= 0.3 is 5.97 Å². The van der Waals surface area contributed by atoms with E-state index in [1.165, 1.54) is 0 Å². The molecular weight excluding hydrogens is 330 g/mol. The number of carboxylic acid groups (broad SMARTS) is 1. The second-order valence-corrected chi connectivity index (χ2v) is 8.12. The number of carboxylic acids is 1. The monoisotopic (exact) mass is 347 g/mol. The maximum Gasteiger partial charge on any atom is 0.305 e. The van der Waals surface area contributed by atoms with Crippen molar-refractivity contribution < 1.29 is 14.5 Å². The second kappa shape index (κ2) is 6.74. The van der Waals surface area contributed by atoms with Gasteiger partial charge in [-0.1, -0.05) is 28.1 Å². The Hall–Kier alpha value is -0.560. The van der Waals surface area contributed by atoms with Gasteiger partial charge in [-0.3, -0.25) is 4.79 Å². The lowest BCUT2D eigenvalue weighted by Crippen LogP contribution is -2.41. The molecule has 0 spiro atoms. The van der Waals surface area contributed by atoms with Crippen LogP contribution in [0.5, 0.6) is 0 Å². The average Bonchev–Trinajstić information content (AvgIpc) is 2.26. The molecule has 19 heavy (non-hydrogen) atoms. The Bertz CT molecular complexity index is 448. The van der Waals surface area contributed by atoms with E-state index >= 15 is 0 Å². The van der Waals surface area contributed by atoms with E-state index < -0.39 is 28.1 Å². The molecule has 0 aliphatic rings. The van der Waals surface area contributed by atoms with Gasteiger partial charge in [0, 0.05) is 15.8 Å². The molecule has 0 saturated heterocycles. The van der Waals surface area contributed by atoms with Gasteiger partial charge in [0.25, 0.3) is 0 Å². The van der Waals surface area contributed by atoms with Crippen molar-refractivity contribution in [1.82, 2.24) is 4.72 Å². The minimum absolute atomic E-state index is 0.113. The molecule has 0 aromatic heterocycles. The third-order valence-electron chi connectivity index (χ3n) is 2.44. The van der Waals surface area contributed by atoms with Crippen molar-refractivity contribution in [3.8, 4) is 0 Å². The van der Waals surface area contributed by atoms with E-state index in [4.69, 9.17) is 5.11 Å². The number of hydrogen-bond donors (Lipinski definition) is 2. The first kappa shape index (κ1) is 16.5. The van der Waals surface area contributed by atoms with Crippen molar-refractivity contribution in [1.29, 1.82) is 0 Å². The fourth-order valence-corrected chi connectivity index (χ4v) is 2.68. The third kappa shape index (κ3) is 5.52. The third-order valence-corrected chi connectivity index (χ3v) is 4.54. The molecule has 1 aromatic rings. The molecule has 2 atom stereocenters. The molecule has 2 N–H and O–H groups in total. The van der Waals surface area contributed by atoms with Gasteiger partial charge in [0.15, 0.2) is 0 Å². The first-order chi connectivity index (χ1) is 8.70. The van der Waals surface area contributed by atoms with E-state index in [9.17, 15) is 9.35 Å². The lowest BCUT2D eigenvalue weighted by atomic mass is 10.1. The molecule has 0 heterocycles. The second-order valence-electron chi connectivity index (χ2n) is 5.20. The first-order valence-electron chi connectivity index (χ1n) is 5.85. The molecule has 6 heteroatoms. The van der Waals surface area contributed by atoms with Gasteiger partial charge in [0.2, 0.25) is 0 Å². The number of rotatable bonds is 5. The predicted octanol–water partition coefficient (Wildman–Crippen LogP) is 3.02. The number of carbonyl (C=O) groups is 1. The van der Waals surface area contributed by atoms with Gasteiger partial charge in [0.05, 0.1) is 12.5 Å². The number of nitrogens with one attached hydrogen (secondary N) is 1. The smallest absolute Gasteiger partial charge is 0.305 e. The number of halogens is 1. The fraction of sp³-hybridized carbons (Fsp3) is 0.462. The van der Waals surface area contributed by atoms with Crippen LogP contribution in [0.3, 0.4) is 0 Å². The quantitative estimate of drug-likeness (QED) is 0.803. The molecule has 0 amide bonds. The lowest BCUT2D eigenvalue weighted by Gasteiger charge is -2.27. The number of benzene rings is 1. The summed E-state index contributed by atoms with van der Waals surface area (Å²) in [6.07, 6.45) is -0.113. The van der Waals surface area contributed by atoms with Crippen LogP contribution in [-0.2, 0) is 16.2 Å². The molecule has 0 bridgehead atoms. The number of aliphatic carboxylic acids is 1. The zero-order valence-electron chi connectivity index (χ0n) is 11.1. The van der Waals surface area contributed by atoms with Crippen molar-refractivity contribution >= 4 is 33.3 Å². The highest BCUT2D eigenvalue weighted by atomic mass is 79.9. The van der Waals surface area contributed by atoms with Gasteiger partial charge < -0.3 is 9.66 Å². The average molecular weight is 348 g/mol. The Labute approximate surface area is 125 Å². The van der Waals surface area contributed by atoms with Crippen LogP contribution in [0.1, 0.15) is 38.8 Å². The van der Waals surface area contributed by atoms with E-state index in [1.807, 2.05) is 45.0 Å². The first-order valence-corrected chi connectivity index (χ1v) is 7.79. The molecule has 0 radical (unpaired) electrons. The van der Waals surface area contributed by atoms with E-state index in [0.717, 1.165) is 10.0 Å². The normalized spacial score (nSPS) is 15.0. The summed E-state index contributed by atoms with van der Waals surface area (Å²) >= 11 is 2.03. The Kier molecular flexibility index (Phi) is 5.85. The van der Waals surface area contributed by atoms with Gasteiger partial charge in [-0.05, 0) is 38.5 Å². The summed E-state index contributed by atoms with van der Waals surface area (Å²) < 4.78 is 15.4. The molecule has 106 valence electrons. The van der Waals surface area contributed by atoms with Crippen molar-refractivity contribution in [2.24, 2.45) is 0 Å². The molecule has 4 nitrogen and oxygen atoms in total. The highest BCUT2D eigenvalue weighted by Crippen LogP contribution is 2.24. The SMILES string of the molecule is CC(C)(C)[S@+]([O-])N[C@H](CC(=O)O)c1cccc(Br)c1. The van der Waals surface area contributed by atoms with Gasteiger partial charge in [-0.2, -0.15) is 0 Å². The predicted molar refractivity (Wildman–Crippen MR) is 80.2 cm³/mol. The van der Waals surface area contributed by atoms with Crippen molar-refractivity contribution in [3.63, 3.8) is 0 Å². The minimum Gasteiger partial charge on any atom is -0.598 e. The van der Waals surface area contributed by atoms with Crippen LogP contribution in [0.25, 0.3) is 0 Å². The van der Waals surface area contributed by atoms with Crippen molar-refractivity contribution in [3.05, 3.63) is 34.3 Å². The molecule has 1 aromatic carbocycles. The zero-order valence-corrected chi connectivity index (χ0v) is 13.5. The Balaban J connectivity index is 2.92. The summed E-state index contributed by atoms with van der Waals surface area (Å²) in [6, 6.07) is 6.87. The van der Waals surface area contributed by atoms with E-state index in [0.29, 0.717) is 0 Å². The summed E-state index contributed by atoms with van der Waals surface area (Å²) in [7, 11) is 0. The standard InChI is InChI=1S/C13H18BrNO3S/c1-13(2,3)19(18)15-11(8-12(16)17)9-5-4-6-10(14)7-9/h4-7,11,15H,8H2,1-3H3,(H,16,17)/t11-,19+/m1/s1. The van der Waals surface area contributed by atoms with Crippen LogP contribution in [0.4, 0.5) is 0 Å². The summed E-state index contributed by atoms with van der Waals surface area (Å²) in [5, 5.41) is 8.98. The van der Waals surface area contributed by atoms with E-state index in [-0.39, 0.29) is 6.42 Å². The van der Waals surface area contributed by atoms with Crippen LogP contribution in [0.2, 0.25) is 0 Å². The summed E-state index contributed by atoms with van der Waals surface area (Å²) in [4.78, 5) is 10.9. The Morgan fingerprint density at radius 2 is 2.16 bits per heavy atom. The highest BCUT2D eigenvalue weighted by molar-refractivity contribution is 9.10. The Morgan fingerprint density at radius 3 is 2.63 bits per heavy atom. The van der Waals surface area contributed by atoms with Gasteiger partial charge in [-0.25, -0.2) is 0 Å². The minimum atomic E-state index is -1.32. The zero-order chi connectivity index (χ0) is 14.6. The molecule has 0 aliphatic carbocycles. The maximum absolute atomic E-state index is 12.1. The van der Waals surface area contributed by atoms with Gasteiger partial charge in [-0.15, -0.1) is 4.72 Å². The highest BCUT2D eigenvalue weighted by Gasteiger charge is 2.30. The van der Waals surface area contributed by atoms with Crippen molar-refractivity contribution in [2.45, 2.75) is 38.0 Å². The molecular formula is C13H18BrNO3S. The van der Waals surface area contributed by atoms with Crippen LogP contribution in [-0.4, -0.2) is 20.4 Å². The van der Waals surface area contributed by atoms with E-state index in [2.05, 4.69) is 20.7 Å². The van der Waals surface area contributed by atoms with Gasteiger partial charge in [0.1, 0.15) is 4.75 Å². The van der Waals surface area contributed by atoms with Crippen LogP contribution >= 0.6 is 15.9 Å². The van der Waals surface area contributed by atoms with Crippen LogP contribution < -0.4 is 4.72 Å². The van der Waals surface area contributed by atoms with Crippen molar-refractivity contribution in [2.75, 3.05) is 0 Å². The molecule has 0 unspecified atom stereocenters. The van der Waals surface area contributed by atoms with Crippen LogP contribution in [0.15, 0.2) is 28.7 Å². The molecule has 0 fully saturated rings. The summed E-state index contributed by atoms with van der Waals surface area (Å²) in [6.45, 7) is 5.53. The topological polar surface area (TPSA) is 72.4 Å². The lowest BCUT2D eigenvalue weighted by molar-refractivity contribution is -0.137. The number of hydrogen-bond acceptors (Lipinski definition) is 3. The Morgan fingerprint density at radius 1 is 1.53 bits per heavy atom. The molecule has 1 rings (SSSR count). The largest absolute Gasteiger partial charge is 0.598 e. The summed E-state index contributed by atoms with van der Waals surface area (Å²) in [5.74, 6) is -0.927. The fourth-order valence-electron chi connectivity index (χ4n) is 1.43.